The zero-order valence-electron chi connectivity index (χ0n) is 8.23. The van der Waals surface area contributed by atoms with Crippen LogP contribution < -0.4 is 5.73 Å². The summed E-state index contributed by atoms with van der Waals surface area (Å²) in [7, 11) is 0. The maximum atomic E-state index is 10.6. The predicted molar refractivity (Wildman–Crippen MR) is 62.1 cm³/mol. The van der Waals surface area contributed by atoms with Gasteiger partial charge < -0.3 is 5.73 Å². The van der Waals surface area contributed by atoms with Gasteiger partial charge in [0.2, 0.25) is 0 Å². The van der Waals surface area contributed by atoms with Gasteiger partial charge in [-0.05, 0) is 13.0 Å². The maximum absolute atomic E-state index is 10.6. The Kier molecular flexibility index (Phi) is 2.51. The fourth-order valence-corrected chi connectivity index (χ4v) is 2.15. The molecular weight excluding hydrogens is 208 g/mol. The highest BCUT2D eigenvalue weighted by atomic mass is 32.1. The van der Waals surface area contributed by atoms with Crippen molar-refractivity contribution in [3.63, 3.8) is 0 Å². The summed E-state index contributed by atoms with van der Waals surface area (Å²) in [6, 6.07) is 7.35. The number of aromatic nitrogens is 1. The number of aldehydes is 1. The van der Waals surface area contributed by atoms with Crippen LogP contribution in [0.3, 0.4) is 0 Å². The minimum absolute atomic E-state index is 0.555. The predicted octanol–water partition coefficient (Wildman–Crippen LogP) is 2.51. The fraction of sp³-hybridized carbons (Fsp3) is 0.0909. The van der Waals surface area contributed by atoms with Crippen molar-refractivity contribution in [1.29, 1.82) is 0 Å². The lowest BCUT2D eigenvalue weighted by Gasteiger charge is -1.98. The van der Waals surface area contributed by atoms with Crippen LogP contribution in [0.5, 0.6) is 0 Å². The van der Waals surface area contributed by atoms with Crippen molar-refractivity contribution in [3.05, 3.63) is 34.7 Å². The molecule has 0 aliphatic carbocycles. The number of hydrogen-bond donors (Lipinski definition) is 1. The van der Waals surface area contributed by atoms with E-state index in [2.05, 4.69) is 4.98 Å². The zero-order chi connectivity index (χ0) is 10.8. The SMILES string of the molecule is Cc1sc(N)nc1-c1cccc(C=O)c1. The molecule has 0 radical (unpaired) electrons. The van der Waals surface area contributed by atoms with E-state index in [0.717, 1.165) is 22.4 Å². The number of rotatable bonds is 2. The van der Waals surface area contributed by atoms with Crippen molar-refractivity contribution in [2.24, 2.45) is 0 Å². The number of nitrogen functional groups attached to an aromatic ring is 1. The van der Waals surface area contributed by atoms with Crippen molar-refractivity contribution in [2.75, 3.05) is 5.73 Å². The summed E-state index contributed by atoms with van der Waals surface area (Å²) < 4.78 is 0. The molecule has 1 aromatic heterocycles. The molecule has 0 saturated heterocycles. The van der Waals surface area contributed by atoms with Gasteiger partial charge in [0.15, 0.2) is 5.13 Å². The van der Waals surface area contributed by atoms with Gasteiger partial charge in [0.25, 0.3) is 0 Å². The van der Waals surface area contributed by atoms with Gasteiger partial charge in [-0.2, -0.15) is 0 Å². The standard InChI is InChI=1S/C11H10N2OS/c1-7-10(13-11(12)15-7)9-4-2-3-8(5-9)6-14/h2-6H,1H3,(H2,12,13). The maximum Gasteiger partial charge on any atom is 0.180 e. The van der Waals surface area contributed by atoms with Crippen molar-refractivity contribution in [1.82, 2.24) is 4.98 Å². The lowest BCUT2D eigenvalue weighted by Crippen LogP contribution is -1.86. The summed E-state index contributed by atoms with van der Waals surface area (Å²) >= 11 is 1.46. The van der Waals surface area contributed by atoms with Gasteiger partial charge in [-0.15, -0.1) is 11.3 Å². The van der Waals surface area contributed by atoms with E-state index >= 15 is 0 Å². The van der Waals surface area contributed by atoms with E-state index in [-0.39, 0.29) is 0 Å². The van der Waals surface area contributed by atoms with Crippen LogP contribution in [0.4, 0.5) is 5.13 Å². The summed E-state index contributed by atoms with van der Waals surface area (Å²) in [6.07, 6.45) is 0.828. The molecular formula is C11H10N2OS. The number of nitrogens with zero attached hydrogens (tertiary/aromatic N) is 1. The highest BCUT2D eigenvalue weighted by molar-refractivity contribution is 7.15. The quantitative estimate of drug-likeness (QED) is 0.788. The third-order valence-electron chi connectivity index (χ3n) is 2.11. The first-order valence-electron chi connectivity index (χ1n) is 4.49. The topological polar surface area (TPSA) is 56.0 Å². The van der Waals surface area contributed by atoms with Crippen LogP contribution in [0.25, 0.3) is 11.3 Å². The number of anilines is 1. The number of aryl methyl sites for hydroxylation is 1. The van der Waals surface area contributed by atoms with Gasteiger partial charge in [0, 0.05) is 16.0 Å². The van der Waals surface area contributed by atoms with Crippen molar-refractivity contribution < 1.29 is 4.79 Å². The van der Waals surface area contributed by atoms with Gasteiger partial charge in [0.05, 0.1) is 5.69 Å². The second-order valence-corrected chi connectivity index (χ2v) is 4.43. The molecule has 15 heavy (non-hydrogen) atoms. The average molecular weight is 218 g/mol. The first kappa shape index (κ1) is 9.86. The molecule has 1 aromatic carbocycles. The van der Waals surface area contributed by atoms with E-state index in [1.54, 1.807) is 6.07 Å². The molecule has 2 rings (SSSR count). The van der Waals surface area contributed by atoms with E-state index in [1.807, 2.05) is 25.1 Å². The molecule has 0 saturated carbocycles. The normalized spacial score (nSPS) is 10.2. The largest absolute Gasteiger partial charge is 0.375 e. The first-order chi connectivity index (χ1) is 7.20. The second-order valence-electron chi connectivity index (χ2n) is 3.20. The molecule has 0 fully saturated rings. The molecule has 1 heterocycles. The molecule has 0 atom stereocenters. The Hall–Kier alpha value is -1.68. The van der Waals surface area contributed by atoms with Gasteiger partial charge >= 0.3 is 0 Å². The van der Waals surface area contributed by atoms with Crippen molar-refractivity contribution in [2.45, 2.75) is 6.92 Å². The van der Waals surface area contributed by atoms with E-state index in [4.69, 9.17) is 5.73 Å². The molecule has 2 aromatic rings. The van der Waals surface area contributed by atoms with Crippen LogP contribution in [0.15, 0.2) is 24.3 Å². The van der Waals surface area contributed by atoms with Crippen LogP contribution in [0.2, 0.25) is 0 Å². The summed E-state index contributed by atoms with van der Waals surface area (Å²) in [5, 5.41) is 0.555. The Morgan fingerprint density at radius 1 is 1.47 bits per heavy atom. The number of thiazole rings is 1. The molecule has 76 valence electrons. The van der Waals surface area contributed by atoms with E-state index in [0.29, 0.717) is 10.7 Å². The minimum Gasteiger partial charge on any atom is -0.375 e. The van der Waals surface area contributed by atoms with E-state index in [9.17, 15) is 4.79 Å². The van der Waals surface area contributed by atoms with E-state index in [1.165, 1.54) is 11.3 Å². The van der Waals surface area contributed by atoms with Gasteiger partial charge in [0.1, 0.15) is 6.29 Å². The Labute approximate surface area is 91.6 Å². The smallest absolute Gasteiger partial charge is 0.180 e. The third kappa shape index (κ3) is 1.89. The van der Waals surface area contributed by atoms with Gasteiger partial charge in [-0.25, -0.2) is 4.98 Å². The lowest BCUT2D eigenvalue weighted by molar-refractivity contribution is 0.112. The molecule has 0 unspecified atom stereocenters. The highest BCUT2D eigenvalue weighted by Crippen LogP contribution is 2.28. The Bertz CT molecular complexity index is 505. The van der Waals surface area contributed by atoms with Crippen LogP contribution in [0.1, 0.15) is 15.2 Å². The Morgan fingerprint density at radius 2 is 2.27 bits per heavy atom. The molecule has 0 spiro atoms. The number of carbonyl (C=O) groups excluding carboxylic acids is 1. The lowest BCUT2D eigenvalue weighted by atomic mass is 10.1. The molecule has 2 N–H and O–H groups in total. The minimum atomic E-state index is 0.555. The third-order valence-corrected chi connectivity index (χ3v) is 2.91. The summed E-state index contributed by atoms with van der Waals surface area (Å²) in [6.45, 7) is 1.97. The Balaban J connectivity index is 2.53. The summed E-state index contributed by atoms with van der Waals surface area (Å²) in [4.78, 5) is 15.9. The van der Waals surface area contributed by atoms with Crippen LogP contribution in [-0.4, -0.2) is 11.3 Å². The van der Waals surface area contributed by atoms with E-state index < -0.39 is 0 Å². The van der Waals surface area contributed by atoms with Crippen molar-refractivity contribution in [3.8, 4) is 11.3 Å². The van der Waals surface area contributed by atoms with Crippen molar-refractivity contribution >= 4 is 22.8 Å². The zero-order valence-corrected chi connectivity index (χ0v) is 9.04. The second kappa shape index (κ2) is 3.82. The van der Waals surface area contributed by atoms with Crippen LogP contribution in [-0.2, 0) is 0 Å². The summed E-state index contributed by atoms with van der Waals surface area (Å²) in [5.41, 5.74) is 8.07. The molecule has 0 aliphatic rings. The first-order valence-corrected chi connectivity index (χ1v) is 5.31. The van der Waals surface area contributed by atoms with Gasteiger partial charge in [-0.3, -0.25) is 4.79 Å². The molecule has 0 bridgehead atoms. The Morgan fingerprint density at radius 3 is 2.87 bits per heavy atom. The average Bonchev–Trinajstić information content (AvgIpc) is 2.58. The van der Waals surface area contributed by atoms with Crippen LogP contribution >= 0.6 is 11.3 Å². The molecule has 4 heteroatoms. The number of carbonyl (C=O) groups is 1. The van der Waals surface area contributed by atoms with Crippen LogP contribution in [0, 0.1) is 6.92 Å². The number of nitrogens with two attached hydrogens (primary N) is 1. The highest BCUT2D eigenvalue weighted by Gasteiger charge is 2.07. The monoisotopic (exact) mass is 218 g/mol. The molecule has 0 aliphatic heterocycles. The molecule has 0 amide bonds. The fourth-order valence-electron chi connectivity index (χ4n) is 1.44. The number of benzene rings is 1. The molecule has 3 nitrogen and oxygen atoms in total. The van der Waals surface area contributed by atoms with Gasteiger partial charge in [-0.1, -0.05) is 18.2 Å². The summed E-state index contributed by atoms with van der Waals surface area (Å²) in [5.74, 6) is 0. The number of hydrogen-bond acceptors (Lipinski definition) is 4.